The molecular weight excluding hydrogens is 288 g/mol. The molecule has 6 nitrogen and oxygen atoms in total. The Morgan fingerprint density at radius 3 is 2.71 bits per heavy atom. The molecule has 1 aromatic carbocycles. The van der Waals surface area contributed by atoms with Crippen molar-refractivity contribution in [2.24, 2.45) is 12.8 Å². The summed E-state index contributed by atoms with van der Waals surface area (Å²) in [5.41, 5.74) is 8.27. The summed E-state index contributed by atoms with van der Waals surface area (Å²) in [7, 11) is -1.95. The number of fused-ring (bicyclic) bond motifs is 1. The molecule has 0 radical (unpaired) electrons. The second-order valence-electron chi connectivity index (χ2n) is 5.36. The molecule has 0 unspecified atom stereocenters. The van der Waals surface area contributed by atoms with Crippen LogP contribution in [0, 0.1) is 6.92 Å². The lowest BCUT2D eigenvalue weighted by atomic mass is 10.1. The molecule has 0 fully saturated rings. The summed E-state index contributed by atoms with van der Waals surface area (Å²) in [6.07, 6.45) is 1.97. The molecule has 2 aromatic rings. The minimum absolute atomic E-state index is 0.156. The summed E-state index contributed by atoms with van der Waals surface area (Å²) in [5, 5.41) is 0.156. The van der Waals surface area contributed by atoms with E-state index in [1.165, 1.54) is 6.20 Å². The van der Waals surface area contributed by atoms with Gasteiger partial charge < -0.3 is 10.3 Å². The minimum atomic E-state index is -3.63. The Morgan fingerprint density at radius 1 is 1.38 bits per heavy atom. The number of nitrogens with zero attached hydrogens (tertiary/aromatic N) is 2. The molecule has 7 heteroatoms. The van der Waals surface area contributed by atoms with Crippen molar-refractivity contribution in [3.63, 3.8) is 0 Å². The maximum Gasteiger partial charge on any atom is 0.258 e. The molecule has 3 N–H and O–H groups in total. The first-order valence-corrected chi connectivity index (χ1v) is 8.22. The second-order valence-corrected chi connectivity index (χ2v) is 7.02. The standard InChI is InChI=1S/C14H18N4O2S/c1-9-16-8-13(18(9)2)21(19,20)17-12-7-10-5-3-4-6-11(10)14(12)15/h3-6,8,12,14,17H,7,15H2,1-2H3/t12-,14-/m1/s1. The van der Waals surface area contributed by atoms with Gasteiger partial charge >= 0.3 is 0 Å². The zero-order chi connectivity index (χ0) is 15.2. The smallest absolute Gasteiger partial charge is 0.258 e. The molecule has 1 heterocycles. The lowest BCUT2D eigenvalue weighted by Crippen LogP contribution is -2.41. The summed E-state index contributed by atoms with van der Waals surface area (Å²) >= 11 is 0. The van der Waals surface area contributed by atoms with Crippen LogP contribution in [-0.2, 0) is 23.5 Å². The Morgan fingerprint density at radius 2 is 2.10 bits per heavy atom. The zero-order valence-corrected chi connectivity index (χ0v) is 12.8. The van der Waals surface area contributed by atoms with Crippen molar-refractivity contribution in [2.45, 2.75) is 30.5 Å². The number of aromatic nitrogens is 2. The summed E-state index contributed by atoms with van der Waals surface area (Å²) < 4.78 is 29.2. The molecule has 0 amide bonds. The predicted octanol–water partition coefficient (Wildman–Crippen LogP) is 0.632. The Kier molecular flexibility index (Phi) is 3.35. The summed E-state index contributed by atoms with van der Waals surface area (Å²) in [5.74, 6) is 0.648. The number of sulfonamides is 1. The van der Waals surface area contributed by atoms with Crippen LogP contribution in [0.4, 0.5) is 0 Å². The molecule has 0 aliphatic heterocycles. The molecule has 0 saturated carbocycles. The van der Waals surface area contributed by atoms with Crippen molar-refractivity contribution in [3.8, 4) is 0 Å². The highest BCUT2D eigenvalue weighted by Gasteiger charge is 2.33. The van der Waals surface area contributed by atoms with E-state index >= 15 is 0 Å². The van der Waals surface area contributed by atoms with Gasteiger partial charge in [0.15, 0.2) is 5.03 Å². The maximum absolute atomic E-state index is 12.5. The Bertz CT molecular complexity index is 782. The van der Waals surface area contributed by atoms with E-state index in [-0.39, 0.29) is 17.1 Å². The van der Waals surface area contributed by atoms with E-state index in [4.69, 9.17) is 5.73 Å². The quantitative estimate of drug-likeness (QED) is 0.870. The van der Waals surface area contributed by atoms with Crippen molar-refractivity contribution < 1.29 is 8.42 Å². The molecule has 0 bridgehead atoms. The van der Waals surface area contributed by atoms with Crippen molar-refractivity contribution in [3.05, 3.63) is 47.4 Å². The van der Waals surface area contributed by atoms with Crippen molar-refractivity contribution in [2.75, 3.05) is 0 Å². The van der Waals surface area contributed by atoms with Crippen LogP contribution < -0.4 is 10.5 Å². The first-order valence-electron chi connectivity index (χ1n) is 6.74. The van der Waals surface area contributed by atoms with Gasteiger partial charge in [-0.2, -0.15) is 0 Å². The van der Waals surface area contributed by atoms with E-state index in [0.717, 1.165) is 11.1 Å². The highest BCUT2D eigenvalue weighted by molar-refractivity contribution is 7.89. The monoisotopic (exact) mass is 306 g/mol. The average Bonchev–Trinajstić information content (AvgIpc) is 2.93. The predicted molar refractivity (Wildman–Crippen MR) is 79.1 cm³/mol. The zero-order valence-electron chi connectivity index (χ0n) is 11.9. The van der Waals surface area contributed by atoms with E-state index in [9.17, 15) is 8.42 Å². The van der Waals surface area contributed by atoms with Gasteiger partial charge in [-0.25, -0.2) is 18.1 Å². The Labute approximate surface area is 124 Å². The van der Waals surface area contributed by atoms with Crippen LogP contribution in [0.2, 0.25) is 0 Å². The number of nitrogens with two attached hydrogens (primary N) is 1. The summed E-state index contributed by atoms with van der Waals surface area (Å²) in [4.78, 5) is 4.03. The number of hydrogen-bond donors (Lipinski definition) is 2. The van der Waals surface area contributed by atoms with Gasteiger partial charge in [-0.1, -0.05) is 24.3 Å². The van der Waals surface area contributed by atoms with Gasteiger partial charge in [0.05, 0.1) is 6.20 Å². The van der Waals surface area contributed by atoms with Gasteiger partial charge in [-0.15, -0.1) is 0 Å². The number of nitrogens with one attached hydrogen (secondary N) is 1. The van der Waals surface area contributed by atoms with E-state index in [1.54, 1.807) is 18.5 Å². The molecule has 0 saturated heterocycles. The van der Waals surface area contributed by atoms with Crippen LogP contribution in [0.1, 0.15) is 23.0 Å². The Balaban J connectivity index is 1.87. The highest BCUT2D eigenvalue weighted by atomic mass is 32.2. The van der Waals surface area contributed by atoms with Gasteiger partial charge in [0.1, 0.15) is 5.82 Å². The first kappa shape index (κ1) is 14.2. The Hall–Kier alpha value is -1.70. The highest BCUT2D eigenvalue weighted by Crippen LogP contribution is 2.30. The number of hydrogen-bond acceptors (Lipinski definition) is 4. The lowest BCUT2D eigenvalue weighted by molar-refractivity contribution is 0.509. The molecular formula is C14H18N4O2S. The normalized spacial score (nSPS) is 21.5. The van der Waals surface area contributed by atoms with E-state index in [0.29, 0.717) is 12.2 Å². The maximum atomic E-state index is 12.5. The molecule has 0 spiro atoms. The third-order valence-electron chi connectivity index (χ3n) is 4.05. The number of aryl methyl sites for hydroxylation is 1. The number of benzene rings is 1. The number of imidazole rings is 1. The fraction of sp³-hybridized carbons (Fsp3) is 0.357. The van der Waals surface area contributed by atoms with E-state index in [1.807, 2.05) is 24.3 Å². The van der Waals surface area contributed by atoms with Crippen LogP contribution in [0.5, 0.6) is 0 Å². The number of rotatable bonds is 3. The van der Waals surface area contributed by atoms with Crippen LogP contribution in [0.15, 0.2) is 35.5 Å². The first-order chi connectivity index (χ1) is 9.90. The van der Waals surface area contributed by atoms with Crippen molar-refractivity contribution in [1.82, 2.24) is 14.3 Å². The van der Waals surface area contributed by atoms with Gasteiger partial charge in [0, 0.05) is 19.1 Å². The lowest BCUT2D eigenvalue weighted by Gasteiger charge is -2.18. The fourth-order valence-corrected chi connectivity index (χ4v) is 4.16. The SMILES string of the molecule is Cc1ncc(S(=O)(=O)N[C@@H]2Cc3ccccc3[C@H]2N)n1C. The van der Waals surface area contributed by atoms with Crippen LogP contribution in [-0.4, -0.2) is 24.0 Å². The van der Waals surface area contributed by atoms with Gasteiger partial charge in [0.2, 0.25) is 0 Å². The summed E-state index contributed by atoms with van der Waals surface area (Å²) in [6, 6.07) is 7.13. The van der Waals surface area contributed by atoms with Crippen LogP contribution in [0.25, 0.3) is 0 Å². The van der Waals surface area contributed by atoms with Gasteiger partial charge in [-0.05, 0) is 24.5 Å². The van der Waals surface area contributed by atoms with E-state index in [2.05, 4.69) is 9.71 Å². The third kappa shape index (κ3) is 2.37. The second kappa shape index (κ2) is 4.94. The van der Waals surface area contributed by atoms with E-state index < -0.39 is 10.0 Å². The van der Waals surface area contributed by atoms with Crippen LogP contribution >= 0.6 is 0 Å². The molecule has 1 aliphatic carbocycles. The van der Waals surface area contributed by atoms with Crippen LogP contribution in [0.3, 0.4) is 0 Å². The fourth-order valence-electron chi connectivity index (χ4n) is 2.73. The molecule has 21 heavy (non-hydrogen) atoms. The average molecular weight is 306 g/mol. The topological polar surface area (TPSA) is 90.0 Å². The minimum Gasteiger partial charge on any atom is -0.323 e. The molecule has 112 valence electrons. The largest absolute Gasteiger partial charge is 0.323 e. The molecule has 1 aliphatic rings. The molecule has 3 rings (SSSR count). The molecule has 1 aromatic heterocycles. The van der Waals surface area contributed by atoms with Crippen molar-refractivity contribution in [1.29, 1.82) is 0 Å². The van der Waals surface area contributed by atoms with Gasteiger partial charge in [0.25, 0.3) is 10.0 Å². The third-order valence-corrected chi connectivity index (χ3v) is 5.59. The molecule has 2 atom stereocenters. The summed E-state index contributed by atoms with van der Waals surface area (Å²) in [6.45, 7) is 1.76. The van der Waals surface area contributed by atoms with Crippen molar-refractivity contribution >= 4 is 10.0 Å². The van der Waals surface area contributed by atoms with Gasteiger partial charge in [-0.3, -0.25) is 0 Å².